The Labute approximate surface area is 327 Å². The minimum Gasteiger partial charge on any atom is -0.494 e. The van der Waals surface area contributed by atoms with E-state index < -0.39 is 0 Å². The summed E-state index contributed by atoms with van der Waals surface area (Å²) in [6, 6.07) is 53.5. The molecule has 8 aromatic carbocycles. The van der Waals surface area contributed by atoms with Crippen LogP contribution in [0.15, 0.2) is 152 Å². The molecule has 0 aromatic heterocycles. The first-order valence-corrected chi connectivity index (χ1v) is 20.6. The van der Waals surface area contributed by atoms with Gasteiger partial charge in [0.25, 0.3) is 0 Å². The molecular weight excluding hydrogens is 665 g/mol. The summed E-state index contributed by atoms with van der Waals surface area (Å²) in [7, 11) is 0. The van der Waals surface area contributed by atoms with Crippen LogP contribution in [0.4, 0.5) is 0 Å². The highest BCUT2D eigenvalue weighted by atomic mass is 16.5. The van der Waals surface area contributed by atoms with Crippen molar-refractivity contribution < 1.29 is 4.74 Å². The Morgan fingerprint density at radius 2 is 0.709 bits per heavy atom. The first-order valence-electron chi connectivity index (χ1n) is 20.6. The summed E-state index contributed by atoms with van der Waals surface area (Å²) in [5.41, 5.74) is 8.65. The summed E-state index contributed by atoms with van der Waals surface area (Å²) in [4.78, 5) is 0. The Balaban J connectivity index is 1.16. The molecule has 8 rings (SSSR count). The van der Waals surface area contributed by atoms with Crippen LogP contribution < -0.4 is 4.74 Å². The lowest BCUT2D eigenvalue weighted by Crippen LogP contribution is -1.97. The van der Waals surface area contributed by atoms with Crippen molar-refractivity contribution in [2.24, 2.45) is 0 Å². The second kappa shape index (κ2) is 17.2. The maximum absolute atomic E-state index is 6.25. The van der Waals surface area contributed by atoms with Crippen LogP contribution in [0.5, 0.6) is 5.75 Å². The van der Waals surface area contributed by atoms with E-state index in [0.29, 0.717) is 0 Å². The highest BCUT2D eigenvalue weighted by molar-refractivity contribution is 6.29. The summed E-state index contributed by atoms with van der Waals surface area (Å²) < 4.78 is 6.25. The Morgan fingerprint density at radius 3 is 1.07 bits per heavy atom. The van der Waals surface area contributed by atoms with Crippen molar-refractivity contribution in [2.45, 2.75) is 71.1 Å². The molecule has 0 aliphatic carbocycles. The Bertz CT molecular complexity index is 2440. The summed E-state index contributed by atoms with van der Waals surface area (Å²) in [5.74, 6) is 0.946. The lowest BCUT2D eigenvalue weighted by atomic mass is 9.81. The maximum Gasteiger partial charge on any atom is 0.119 e. The van der Waals surface area contributed by atoms with Gasteiger partial charge in [0, 0.05) is 0 Å². The lowest BCUT2D eigenvalue weighted by molar-refractivity contribution is 0.304. The van der Waals surface area contributed by atoms with E-state index in [1.54, 1.807) is 0 Å². The van der Waals surface area contributed by atoms with E-state index in [0.717, 1.165) is 24.3 Å². The second-order valence-electron chi connectivity index (χ2n) is 15.1. The van der Waals surface area contributed by atoms with Gasteiger partial charge in [-0.05, 0) is 101 Å². The fourth-order valence-electron chi connectivity index (χ4n) is 8.70. The van der Waals surface area contributed by atoms with Gasteiger partial charge in [0.05, 0.1) is 6.61 Å². The van der Waals surface area contributed by atoms with Gasteiger partial charge in [-0.2, -0.15) is 0 Å². The van der Waals surface area contributed by atoms with Crippen molar-refractivity contribution in [3.8, 4) is 39.1 Å². The van der Waals surface area contributed by atoms with Crippen LogP contribution in [0.2, 0.25) is 0 Å². The molecule has 0 aliphatic heterocycles. The lowest BCUT2D eigenvalue weighted by Gasteiger charge is -2.22. The van der Waals surface area contributed by atoms with Crippen LogP contribution >= 0.6 is 0 Å². The first-order chi connectivity index (χ1) is 27.3. The van der Waals surface area contributed by atoms with Crippen LogP contribution in [0.25, 0.3) is 82.5 Å². The van der Waals surface area contributed by atoms with Crippen molar-refractivity contribution >= 4 is 49.2 Å². The van der Waals surface area contributed by atoms with Crippen LogP contribution in [0.1, 0.15) is 76.7 Å². The molecule has 0 saturated carbocycles. The van der Waals surface area contributed by atoms with E-state index in [1.807, 2.05) is 6.08 Å². The van der Waals surface area contributed by atoms with Crippen molar-refractivity contribution in [3.05, 3.63) is 158 Å². The molecule has 0 spiro atoms. The smallest absolute Gasteiger partial charge is 0.119 e. The minimum atomic E-state index is 0.775. The number of rotatable bonds is 16. The van der Waals surface area contributed by atoms with Gasteiger partial charge >= 0.3 is 0 Å². The van der Waals surface area contributed by atoms with Crippen LogP contribution in [0.3, 0.4) is 0 Å². The Kier molecular flexibility index (Phi) is 11.4. The zero-order valence-electron chi connectivity index (χ0n) is 32.3. The molecule has 0 bridgehead atoms. The van der Waals surface area contributed by atoms with Gasteiger partial charge in [-0.15, -0.1) is 0 Å². The molecule has 1 nitrogen and oxygen atoms in total. The average molecular weight is 717 g/mol. The van der Waals surface area contributed by atoms with Crippen LogP contribution in [0, 0.1) is 0 Å². The van der Waals surface area contributed by atoms with E-state index in [2.05, 4.69) is 159 Å². The number of fused-ring (bicyclic) bond motifs is 4. The average Bonchev–Trinajstić information content (AvgIpc) is 3.24. The standard InChI is InChI=1S/C54H52O/c1-3-5-6-7-8-9-10-11-12-21-38-55-42-36-34-41(35-37-42)52-45-24-15-19-28-49(45)54(50-29-20-16-25-46(50)52)53-47-26-17-13-22-43(47)51(44-23-14-18-27-48(44)53)40-32-30-39(4-2)31-33-40/h4,13-20,22-37H,2-3,5-12,21,38H2,1H3. The van der Waals surface area contributed by atoms with Gasteiger partial charge in [-0.1, -0.05) is 211 Å². The van der Waals surface area contributed by atoms with Crippen molar-refractivity contribution in [1.82, 2.24) is 0 Å². The van der Waals surface area contributed by atoms with E-state index in [9.17, 15) is 0 Å². The summed E-state index contributed by atoms with van der Waals surface area (Å²) >= 11 is 0. The number of hydrogen-bond acceptors (Lipinski definition) is 1. The largest absolute Gasteiger partial charge is 0.494 e. The predicted octanol–water partition coefficient (Wildman–Crippen LogP) is 16.2. The summed E-state index contributed by atoms with van der Waals surface area (Å²) in [5, 5.41) is 10.1. The molecule has 0 fully saturated rings. The topological polar surface area (TPSA) is 9.23 Å². The van der Waals surface area contributed by atoms with Gasteiger partial charge in [-0.3, -0.25) is 0 Å². The van der Waals surface area contributed by atoms with Crippen molar-refractivity contribution in [2.75, 3.05) is 6.61 Å². The fraction of sp³-hybridized carbons (Fsp3) is 0.222. The van der Waals surface area contributed by atoms with E-state index in [-0.39, 0.29) is 0 Å². The third kappa shape index (κ3) is 7.54. The Hall–Kier alpha value is -5.66. The molecular formula is C54H52O. The molecule has 1 heteroatoms. The SMILES string of the molecule is C=Cc1ccc(-c2c3ccccc3c(-c3c4ccccc4c(-c4ccc(OCCCCCCCCCCCC)cc4)c4ccccc34)c3ccccc23)cc1. The van der Waals surface area contributed by atoms with Crippen LogP contribution in [-0.2, 0) is 0 Å². The zero-order chi connectivity index (χ0) is 37.4. The van der Waals surface area contributed by atoms with E-state index in [1.165, 1.54) is 134 Å². The molecule has 0 amide bonds. The van der Waals surface area contributed by atoms with Crippen molar-refractivity contribution in [3.63, 3.8) is 0 Å². The highest BCUT2D eigenvalue weighted by Gasteiger charge is 2.22. The molecule has 55 heavy (non-hydrogen) atoms. The quantitative estimate of drug-likeness (QED) is 0.0714. The molecule has 8 aromatic rings. The maximum atomic E-state index is 6.25. The fourth-order valence-corrected chi connectivity index (χ4v) is 8.70. The van der Waals surface area contributed by atoms with Gasteiger partial charge in [-0.25, -0.2) is 0 Å². The predicted molar refractivity (Wildman–Crippen MR) is 240 cm³/mol. The highest BCUT2D eigenvalue weighted by Crippen LogP contribution is 2.50. The third-order valence-corrected chi connectivity index (χ3v) is 11.5. The third-order valence-electron chi connectivity index (χ3n) is 11.5. The van der Waals surface area contributed by atoms with Gasteiger partial charge in [0.1, 0.15) is 5.75 Å². The van der Waals surface area contributed by atoms with E-state index in [4.69, 9.17) is 4.74 Å². The monoisotopic (exact) mass is 716 g/mol. The number of unbranched alkanes of at least 4 members (excludes halogenated alkanes) is 9. The molecule has 0 radical (unpaired) electrons. The number of ether oxygens (including phenoxy) is 1. The summed E-state index contributed by atoms with van der Waals surface area (Å²) in [6.45, 7) is 7.04. The number of benzene rings is 8. The Morgan fingerprint density at radius 1 is 0.382 bits per heavy atom. The molecule has 0 heterocycles. The first kappa shape index (κ1) is 36.3. The molecule has 0 saturated heterocycles. The normalized spacial score (nSPS) is 11.5. The molecule has 0 unspecified atom stereocenters. The minimum absolute atomic E-state index is 0.775. The molecule has 0 N–H and O–H groups in total. The van der Waals surface area contributed by atoms with Crippen LogP contribution in [-0.4, -0.2) is 6.61 Å². The molecule has 0 aliphatic rings. The van der Waals surface area contributed by atoms with Gasteiger partial charge < -0.3 is 4.74 Å². The van der Waals surface area contributed by atoms with E-state index >= 15 is 0 Å². The molecule has 274 valence electrons. The van der Waals surface area contributed by atoms with Crippen molar-refractivity contribution in [1.29, 1.82) is 0 Å². The second-order valence-corrected chi connectivity index (χ2v) is 15.1. The van der Waals surface area contributed by atoms with Gasteiger partial charge in [0.2, 0.25) is 0 Å². The summed E-state index contributed by atoms with van der Waals surface area (Å²) in [6.07, 6.45) is 15.2. The molecule has 0 atom stereocenters. The zero-order valence-corrected chi connectivity index (χ0v) is 32.3. The number of hydrogen-bond donors (Lipinski definition) is 0. The van der Waals surface area contributed by atoms with Gasteiger partial charge in [0.15, 0.2) is 0 Å².